The van der Waals surface area contributed by atoms with Gasteiger partial charge < -0.3 is 10.3 Å². The van der Waals surface area contributed by atoms with E-state index in [1.807, 2.05) is 0 Å². The molecule has 2 N–H and O–H groups in total. The molecule has 1 fully saturated rings. The van der Waals surface area contributed by atoms with Crippen LogP contribution in [0, 0.1) is 5.92 Å². The topological polar surface area (TPSA) is 62.0 Å². The standard InChI is InChI=1S/C12H15BrN2O2/c13-10-3-1-2-8(10)6-15-12(17)9-7-14-5-4-11(9)16/h4-5,7-8,10H,1-3,6H2,(H,14,16)(H,15,17). The van der Waals surface area contributed by atoms with E-state index in [9.17, 15) is 9.59 Å². The Kier molecular flexibility index (Phi) is 3.99. The molecule has 5 heteroatoms. The molecule has 1 heterocycles. The van der Waals surface area contributed by atoms with Gasteiger partial charge in [-0.3, -0.25) is 9.59 Å². The van der Waals surface area contributed by atoms with Gasteiger partial charge in [-0.1, -0.05) is 22.4 Å². The predicted molar refractivity (Wildman–Crippen MR) is 69.5 cm³/mol. The lowest BCUT2D eigenvalue weighted by Gasteiger charge is -2.14. The first-order valence-electron chi connectivity index (χ1n) is 5.78. The molecule has 17 heavy (non-hydrogen) atoms. The van der Waals surface area contributed by atoms with Crippen LogP contribution in [0.25, 0.3) is 0 Å². The molecule has 2 unspecified atom stereocenters. The SMILES string of the molecule is O=C(NCC1CCCC1Br)c1c[nH]ccc1=O. The molecule has 0 saturated heterocycles. The molecule has 2 atom stereocenters. The van der Waals surface area contributed by atoms with Gasteiger partial charge in [0.1, 0.15) is 5.56 Å². The molecule has 0 radical (unpaired) electrons. The van der Waals surface area contributed by atoms with E-state index in [0.717, 1.165) is 12.8 Å². The van der Waals surface area contributed by atoms with Crippen LogP contribution in [0.15, 0.2) is 23.3 Å². The van der Waals surface area contributed by atoms with Crippen molar-refractivity contribution in [2.75, 3.05) is 6.54 Å². The number of hydrogen-bond donors (Lipinski definition) is 2. The summed E-state index contributed by atoms with van der Waals surface area (Å²) >= 11 is 3.61. The van der Waals surface area contributed by atoms with Crippen LogP contribution in [0.3, 0.4) is 0 Å². The minimum Gasteiger partial charge on any atom is -0.367 e. The van der Waals surface area contributed by atoms with Crippen LogP contribution in [0.5, 0.6) is 0 Å². The van der Waals surface area contributed by atoms with Gasteiger partial charge in [-0.2, -0.15) is 0 Å². The Labute approximate surface area is 108 Å². The fraction of sp³-hybridized carbons (Fsp3) is 0.500. The average Bonchev–Trinajstić information content (AvgIpc) is 2.72. The fourth-order valence-electron chi connectivity index (χ4n) is 2.13. The number of nitrogens with one attached hydrogen (secondary N) is 2. The second-order valence-electron chi connectivity index (χ2n) is 4.34. The van der Waals surface area contributed by atoms with E-state index in [-0.39, 0.29) is 16.9 Å². The highest BCUT2D eigenvalue weighted by molar-refractivity contribution is 9.09. The van der Waals surface area contributed by atoms with Crippen molar-refractivity contribution in [2.45, 2.75) is 24.1 Å². The van der Waals surface area contributed by atoms with Crippen LogP contribution in [-0.4, -0.2) is 22.3 Å². The Balaban J connectivity index is 1.94. The highest BCUT2D eigenvalue weighted by atomic mass is 79.9. The number of carbonyl (C=O) groups excluding carboxylic acids is 1. The first kappa shape index (κ1) is 12.4. The maximum atomic E-state index is 11.8. The number of H-pyrrole nitrogens is 1. The third-order valence-corrected chi connectivity index (χ3v) is 4.37. The van der Waals surface area contributed by atoms with Crippen molar-refractivity contribution in [3.63, 3.8) is 0 Å². The fourth-order valence-corrected chi connectivity index (χ4v) is 2.91. The number of alkyl halides is 1. The lowest BCUT2D eigenvalue weighted by molar-refractivity contribution is 0.0946. The molecule has 1 amide bonds. The van der Waals surface area contributed by atoms with E-state index in [2.05, 4.69) is 26.2 Å². The molecule has 0 aromatic carbocycles. The van der Waals surface area contributed by atoms with Gasteiger partial charge in [0.25, 0.3) is 5.91 Å². The zero-order valence-corrected chi connectivity index (χ0v) is 11.0. The summed E-state index contributed by atoms with van der Waals surface area (Å²) in [4.78, 5) is 26.4. The highest BCUT2D eigenvalue weighted by Crippen LogP contribution is 2.30. The summed E-state index contributed by atoms with van der Waals surface area (Å²) in [6.45, 7) is 0.628. The molecule has 0 aliphatic heterocycles. The third-order valence-electron chi connectivity index (χ3n) is 3.16. The van der Waals surface area contributed by atoms with Crippen LogP contribution in [0.2, 0.25) is 0 Å². The lowest BCUT2D eigenvalue weighted by atomic mass is 10.1. The summed E-state index contributed by atoms with van der Waals surface area (Å²) in [6, 6.07) is 1.36. The quantitative estimate of drug-likeness (QED) is 0.834. The van der Waals surface area contributed by atoms with E-state index < -0.39 is 0 Å². The zero-order chi connectivity index (χ0) is 12.3. The van der Waals surface area contributed by atoms with Crippen molar-refractivity contribution in [1.29, 1.82) is 0 Å². The predicted octanol–water partition coefficient (Wildman–Crippen LogP) is 1.67. The van der Waals surface area contributed by atoms with E-state index in [4.69, 9.17) is 0 Å². The van der Waals surface area contributed by atoms with Crippen molar-refractivity contribution < 1.29 is 4.79 Å². The minimum atomic E-state index is -0.293. The Morgan fingerprint density at radius 1 is 1.53 bits per heavy atom. The zero-order valence-electron chi connectivity index (χ0n) is 9.41. The molecule has 1 aliphatic rings. The van der Waals surface area contributed by atoms with Gasteiger partial charge in [0, 0.05) is 29.8 Å². The van der Waals surface area contributed by atoms with Gasteiger partial charge in [-0.15, -0.1) is 0 Å². The number of amides is 1. The first-order valence-corrected chi connectivity index (χ1v) is 6.69. The van der Waals surface area contributed by atoms with Crippen LogP contribution in [-0.2, 0) is 0 Å². The molecule has 1 aromatic heterocycles. The van der Waals surface area contributed by atoms with Crippen molar-refractivity contribution >= 4 is 21.8 Å². The number of hydrogen-bond acceptors (Lipinski definition) is 2. The molecule has 4 nitrogen and oxygen atoms in total. The van der Waals surface area contributed by atoms with Gasteiger partial charge in [-0.05, 0) is 18.8 Å². The summed E-state index contributed by atoms with van der Waals surface area (Å²) < 4.78 is 0. The van der Waals surface area contributed by atoms with Crippen molar-refractivity contribution in [3.8, 4) is 0 Å². The maximum Gasteiger partial charge on any atom is 0.256 e. The third kappa shape index (κ3) is 2.97. The summed E-state index contributed by atoms with van der Waals surface area (Å²) in [6.07, 6.45) is 6.44. The summed E-state index contributed by atoms with van der Waals surface area (Å²) in [5.41, 5.74) is -0.0697. The maximum absolute atomic E-state index is 11.8. The Morgan fingerprint density at radius 2 is 2.35 bits per heavy atom. The second-order valence-corrected chi connectivity index (χ2v) is 5.52. The van der Waals surface area contributed by atoms with Crippen LogP contribution < -0.4 is 10.7 Å². The minimum absolute atomic E-state index is 0.177. The van der Waals surface area contributed by atoms with Gasteiger partial charge >= 0.3 is 0 Å². The molecule has 92 valence electrons. The summed E-state index contributed by atoms with van der Waals surface area (Å²) in [5.74, 6) is 0.181. The summed E-state index contributed by atoms with van der Waals surface area (Å²) in [5, 5.41) is 2.82. The Hall–Kier alpha value is -1.10. The smallest absolute Gasteiger partial charge is 0.256 e. The highest BCUT2D eigenvalue weighted by Gasteiger charge is 2.25. The van der Waals surface area contributed by atoms with Gasteiger partial charge in [0.05, 0.1) is 0 Å². The van der Waals surface area contributed by atoms with E-state index >= 15 is 0 Å². The van der Waals surface area contributed by atoms with Crippen molar-refractivity contribution in [3.05, 3.63) is 34.2 Å². The number of carbonyl (C=O) groups is 1. The van der Waals surface area contributed by atoms with E-state index in [1.165, 1.54) is 24.9 Å². The normalized spacial score (nSPS) is 23.6. The van der Waals surface area contributed by atoms with Crippen molar-refractivity contribution in [2.24, 2.45) is 5.92 Å². The molecule has 1 aromatic rings. The molecule has 1 saturated carbocycles. The van der Waals surface area contributed by atoms with Gasteiger partial charge in [-0.25, -0.2) is 0 Å². The largest absolute Gasteiger partial charge is 0.367 e. The molecule has 0 spiro atoms. The molecular formula is C12H15BrN2O2. The van der Waals surface area contributed by atoms with E-state index in [1.54, 1.807) is 0 Å². The monoisotopic (exact) mass is 298 g/mol. The molecule has 2 rings (SSSR count). The summed E-state index contributed by atoms with van der Waals surface area (Å²) in [7, 11) is 0. The van der Waals surface area contributed by atoms with Crippen LogP contribution >= 0.6 is 15.9 Å². The number of halogens is 1. The Bertz CT molecular complexity index is 458. The molecular weight excluding hydrogens is 284 g/mol. The van der Waals surface area contributed by atoms with E-state index in [0.29, 0.717) is 17.3 Å². The number of rotatable bonds is 3. The van der Waals surface area contributed by atoms with Gasteiger partial charge in [0.2, 0.25) is 0 Å². The Morgan fingerprint density at radius 3 is 3.00 bits per heavy atom. The van der Waals surface area contributed by atoms with Crippen molar-refractivity contribution in [1.82, 2.24) is 10.3 Å². The molecule has 1 aliphatic carbocycles. The second kappa shape index (κ2) is 5.49. The number of aromatic nitrogens is 1. The average molecular weight is 299 g/mol. The number of pyridine rings is 1. The molecule has 0 bridgehead atoms. The lowest BCUT2D eigenvalue weighted by Crippen LogP contribution is -2.33. The van der Waals surface area contributed by atoms with Crippen LogP contribution in [0.1, 0.15) is 29.6 Å². The first-order chi connectivity index (χ1) is 8.18. The number of aromatic amines is 1. The van der Waals surface area contributed by atoms with Crippen LogP contribution in [0.4, 0.5) is 0 Å². The van der Waals surface area contributed by atoms with Gasteiger partial charge in [0.15, 0.2) is 5.43 Å².